The van der Waals surface area contributed by atoms with Gasteiger partial charge in [0, 0.05) is 19.3 Å². The predicted molar refractivity (Wildman–Crippen MR) is 353 cm³/mol. The van der Waals surface area contributed by atoms with E-state index in [1.165, 1.54) is 180 Å². The first kappa shape index (κ1) is 77.1. The monoisotopic (exact) mass is 1120 g/mol. The minimum absolute atomic E-state index is 0.0952. The topological polar surface area (TPSA) is 78.9 Å². The molecule has 464 valence electrons. The third kappa shape index (κ3) is 66.8. The fourth-order valence-electron chi connectivity index (χ4n) is 9.63. The molecule has 0 rings (SSSR count). The number of unbranched alkanes of at least 4 members (excludes halogenated alkanes) is 33. The lowest BCUT2D eigenvalue weighted by Gasteiger charge is -2.18. The van der Waals surface area contributed by atoms with Gasteiger partial charge in [0.05, 0.1) is 0 Å². The van der Waals surface area contributed by atoms with Crippen LogP contribution in [-0.2, 0) is 28.6 Å². The molecule has 0 aliphatic carbocycles. The highest BCUT2D eigenvalue weighted by Crippen LogP contribution is 2.17. The van der Waals surface area contributed by atoms with Crippen molar-refractivity contribution in [2.24, 2.45) is 0 Å². The van der Waals surface area contributed by atoms with Gasteiger partial charge in [0.15, 0.2) is 6.10 Å². The first-order valence-corrected chi connectivity index (χ1v) is 34.4. The molecule has 0 fully saturated rings. The molecule has 0 saturated heterocycles. The highest BCUT2D eigenvalue weighted by Gasteiger charge is 2.19. The molecule has 0 heterocycles. The van der Waals surface area contributed by atoms with Crippen molar-refractivity contribution in [2.45, 2.75) is 335 Å². The van der Waals surface area contributed by atoms with E-state index in [0.717, 1.165) is 103 Å². The zero-order chi connectivity index (χ0) is 58.5. The summed E-state index contributed by atoms with van der Waals surface area (Å²) in [4.78, 5) is 38.4. The maximum absolute atomic E-state index is 12.9. The number of hydrogen-bond acceptors (Lipinski definition) is 6. The third-order valence-corrected chi connectivity index (χ3v) is 14.8. The maximum Gasteiger partial charge on any atom is 0.306 e. The molecule has 0 N–H and O–H groups in total. The Hall–Kier alpha value is -3.93. The number of rotatable bonds is 62. The molecule has 0 aromatic rings. The summed E-state index contributed by atoms with van der Waals surface area (Å²) in [5, 5.41) is 0. The van der Waals surface area contributed by atoms with Crippen LogP contribution in [0.15, 0.2) is 109 Å². The zero-order valence-corrected chi connectivity index (χ0v) is 53.3. The Morgan fingerprint density at radius 2 is 0.481 bits per heavy atom. The summed E-state index contributed by atoms with van der Waals surface area (Å²) in [5.74, 6) is -0.930. The quantitative estimate of drug-likeness (QED) is 0.0261. The Labute approximate surface area is 501 Å². The van der Waals surface area contributed by atoms with E-state index in [1.807, 2.05) is 0 Å². The SMILES string of the molecule is CC/C=C\C/C=C\C/C=C\C/C=C\C/C=C\C/C=C\CCCCC(=O)OC(COC(=O)CCCCCCCCCCCC/C=C\C/C=C\C/C=C\CCCCCCC)COC(=O)CCCCCCCCCCCCCCCCCCC. The Morgan fingerprint density at radius 1 is 0.259 bits per heavy atom. The van der Waals surface area contributed by atoms with Gasteiger partial charge in [-0.25, -0.2) is 0 Å². The molecule has 6 heteroatoms. The number of allylic oxidation sites excluding steroid dienone is 18. The molecule has 0 amide bonds. The van der Waals surface area contributed by atoms with E-state index in [1.54, 1.807) is 0 Å². The summed E-state index contributed by atoms with van der Waals surface area (Å²) in [5.41, 5.74) is 0. The van der Waals surface area contributed by atoms with Crippen LogP contribution in [0.3, 0.4) is 0 Å². The molecule has 0 bridgehead atoms. The van der Waals surface area contributed by atoms with Crippen molar-refractivity contribution in [1.29, 1.82) is 0 Å². The third-order valence-electron chi connectivity index (χ3n) is 14.8. The van der Waals surface area contributed by atoms with Gasteiger partial charge in [-0.3, -0.25) is 14.4 Å². The van der Waals surface area contributed by atoms with Gasteiger partial charge in [0.25, 0.3) is 0 Å². The molecule has 0 aromatic heterocycles. The first-order valence-electron chi connectivity index (χ1n) is 34.4. The number of carbonyl (C=O) groups is 3. The van der Waals surface area contributed by atoms with E-state index in [0.29, 0.717) is 19.3 Å². The Morgan fingerprint density at radius 3 is 0.778 bits per heavy atom. The van der Waals surface area contributed by atoms with Crippen LogP contribution in [0, 0.1) is 0 Å². The lowest BCUT2D eigenvalue weighted by atomic mass is 10.0. The fourth-order valence-corrected chi connectivity index (χ4v) is 9.63. The Bertz CT molecular complexity index is 1620. The van der Waals surface area contributed by atoms with E-state index >= 15 is 0 Å². The molecular weight excluding hydrogens is 997 g/mol. The molecule has 0 aliphatic rings. The van der Waals surface area contributed by atoms with Crippen molar-refractivity contribution in [3.05, 3.63) is 109 Å². The summed E-state index contributed by atoms with van der Waals surface area (Å²) in [6.07, 6.45) is 93.9. The number of ether oxygens (including phenoxy) is 3. The lowest BCUT2D eigenvalue weighted by Crippen LogP contribution is -2.30. The van der Waals surface area contributed by atoms with Crippen LogP contribution in [0.4, 0.5) is 0 Å². The molecule has 0 saturated carbocycles. The average Bonchev–Trinajstić information content (AvgIpc) is 3.47. The van der Waals surface area contributed by atoms with E-state index in [4.69, 9.17) is 14.2 Å². The second kappa shape index (κ2) is 68.6. The van der Waals surface area contributed by atoms with Crippen LogP contribution in [0.2, 0.25) is 0 Å². The highest BCUT2D eigenvalue weighted by molar-refractivity contribution is 5.71. The number of hydrogen-bond donors (Lipinski definition) is 0. The lowest BCUT2D eigenvalue weighted by molar-refractivity contribution is -0.167. The molecule has 81 heavy (non-hydrogen) atoms. The zero-order valence-electron chi connectivity index (χ0n) is 53.3. The summed E-state index contributed by atoms with van der Waals surface area (Å²) < 4.78 is 16.9. The van der Waals surface area contributed by atoms with Crippen LogP contribution >= 0.6 is 0 Å². The summed E-state index contributed by atoms with van der Waals surface area (Å²) in [6, 6.07) is 0. The Balaban J connectivity index is 4.43. The number of esters is 3. The smallest absolute Gasteiger partial charge is 0.306 e. The van der Waals surface area contributed by atoms with Crippen molar-refractivity contribution in [3.63, 3.8) is 0 Å². The van der Waals surface area contributed by atoms with Crippen molar-refractivity contribution >= 4 is 17.9 Å². The van der Waals surface area contributed by atoms with E-state index in [9.17, 15) is 14.4 Å². The molecule has 1 atom stereocenters. The van der Waals surface area contributed by atoms with Gasteiger partial charge < -0.3 is 14.2 Å². The summed E-state index contributed by atoms with van der Waals surface area (Å²) in [7, 11) is 0. The van der Waals surface area contributed by atoms with Gasteiger partial charge in [0.2, 0.25) is 0 Å². The van der Waals surface area contributed by atoms with Crippen LogP contribution < -0.4 is 0 Å². The maximum atomic E-state index is 12.9. The van der Waals surface area contributed by atoms with Crippen LogP contribution in [0.25, 0.3) is 0 Å². The molecule has 0 spiro atoms. The predicted octanol–water partition coefficient (Wildman–Crippen LogP) is 23.8. The van der Waals surface area contributed by atoms with Gasteiger partial charge in [-0.1, -0.05) is 310 Å². The minimum Gasteiger partial charge on any atom is -0.462 e. The van der Waals surface area contributed by atoms with Crippen molar-refractivity contribution < 1.29 is 28.6 Å². The molecule has 0 radical (unpaired) electrons. The molecule has 6 nitrogen and oxygen atoms in total. The second-order valence-corrected chi connectivity index (χ2v) is 22.7. The summed E-state index contributed by atoms with van der Waals surface area (Å²) in [6.45, 7) is 6.51. The van der Waals surface area contributed by atoms with Gasteiger partial charge in [-0.05, 0) is 109 Å². The van der Waals surface area contributed by atoms with Crippen LogP contribution in [-0.4, -0.2) is 37.2 Å². The van der Waals surface area contributed by atoms with Gasteiger partial charge in [-0.2, -0.15) is 0 Å². The first-order chi connectivity index (χ1) is 40.0. The van der Waals surface area contributed by atoms with Crippen molar-refractivity contribution in [2.75, 3.05) is 13.2 Å². The molecule has 0 aromatic carbocycles. The minimum atomic E-state index is -0.805. The molecular formula is C75H128O6. The van der Waals surface area contributed by atoms with Gasteiger partial charge in [0.1, 0.15) is 13.2 Å². The van der Waals surface area contributed by atoms with Crippen molar-refractivity contribution in [3.8, 4) is 0 Å². The van der Waals surface area contributed by atoms with E-state index in [-0.39, 0.29) is 37.5 Å². The molecule has 0 aliphatic heterocycles. The van der Waals surface area contributed by atoms with Crippen molar-refractivity contribution in [1.82, 2.24) is 0 Å². The summed E-state index contributed by atoms with van der Waals surface area (Å²) >= 11 is 0. The normalized spacial score (nSPS) is 12.8. The second-order valence-electron chi connectivity index (χ2n) is 22.7. The highest BCUT2D eigenvalue weighted by atomic mass is 16.6. The van der Waals surface area contributed by atoms with Crippen LogP contribution in [0.1, 0.15) is 329 Å². The largest absolute Gasteiger partial charge is 0.462 e. The van der Waals surface area contributed by atoms with Gasteiger partial charge >= 0.3 is 17.9 Å². The standard InChI is InChI=1S/C75H128O6/c1-4-7-10-13-16-19-22-25-28-31-33-35-36-37-38-40-41-44-47-50-53-56-59-62-65-68-74(77)80-71-72(70-79-73(76)67-64-61-58-55-52-49-46-43-30-27-24-21-18-15-12-9-6-3)81-75(78)69-66-63-60-57-54-51-48-45-42-39-34-32-29-26-23-20-17-14-11-8-5-2/h8,11,17,20,22,25-26,29,31,33-34,36-37,39,45,48,54,57,72H,4-7,9-10,12-16,18-19,21,23-24,27-28,30,32,35,38,40-44,46-47,49-53,55-56,58-71H2,1-3H3/b11-8-,20-17-,25-22-,29-26-,33-31-,37-36-,39-34-,48-45-,57-54-. The van der Waals surface area contributed by atoms with Crippen LogP contribution in [0.5, 0.6) is 0 Å². The average molecular weight is 1130 g/mol. The fraction of sp³-hybridized carbons (Fsp3) is 0.720. The van der Waals surface area contributed by atoms with E-state index in [2.05, 4.69) is 130 Å². The van der Waals surface area contributed by atoms with Gasteiger partial charge in [-0.15, -0.1) is 0 Å². The Kier molecular flexibility index (Phi) is 65.2. The number of carbonyl (C=O) groups excluding carboxylic acids is 3. The molecule has 1 unspecified atom stereocenters. The van der Waals surface area contributed by atoms with E-state index < -0.39 is 6.10 Å².